The van der Waals surface area contributed by atoms with Gasteiger partial charge in [-0.05, 0) is 17.7 Å². The zero-order valence-electron chi connectivity index (χ0n) is 15.3. The smallest absolute Gasteiger partial charge is 0.387 e. The predicted octanol–water partition coefficient (Wildman–Crippen LogP) is 5.00. The molecule has 0 saturated carbocycles. The third-order valence-electron chi connectivity index (χ3n) is 4.15. The van der Waals surface area contributed by atoms with Crippen LogP contribution < -0.4 is 4.74 Å². The Kier molecular flexibility index (Phi) is 6.68. The Balaban J connectivity index is 1.74. The number of alkyl halides is 2. The van der Waals surface area contributed by atoms with Crippen molar-refractivity contribution in [2.24, 2.45) is 0 Å². The lowest BCUT2D eigenvalue weighted by molar-refractivity contribution is -0.146. The van der Waals surface area contributed by atoms with Gasteiger partial charge in [-0.2, -0.15) is 8.78 Å². The molecular formula is C23H18F2O4. The largest absolute Gasteiger partial charge is 0.449 e. The van der Waals surface area contributed by atoms with Crippen molar-refractivity contribution in [1.82, 2.24) is 0 Å². The Morgan fingerprint density at radius 2 is 1.38 bits per heavy atom. The zero-order valence-corrected chi connectivity index (χ0v) is 15.3. The lowest BCUT2D eigenvalue weighted by Crippen LogP contribution is -2.21. The van der Waals surface area contributed by atoms with Crippen LogP contribution in [0.1, 0.15) is 27.6 Å². The molecule has 4 nitrogen and oxygen atoms in total. The second kappa shape index (κ2) is 9.59. The van der Waals surface area contributed by atoms with E-state index in [1.54, 1.807) is 60.7 Å². The molecule has 6 heteroatoms. The van der Waals surface area contributed by atoms with Crippen molar-refractivity contribution in [3.63, 3.8) is 0 Å². The average molecular weight is 396 g/mol. The highest BCUT2D eigenvalue weighted by molar-refractivity contribution is 6.01. The van der Waals surface area contributed by atoms with Crippen LogP contribution >= 0.6 is 0 Å². The Hall–Kier alpha value is -3.54. The number of hydrogen-bond acceptors (Lipinski definition) is 4. The number of rotatable bonds is 8. The van der Waals surface area contributed by atoms with Gasteiger partial charge in [0.05, 0.1) is 6.42 Å². The van der Waals surface area contributed by atoms with E-state index in [0.29, 0.717) is 16.7 Å². The minimum Gasteiger partial charge on any atom is -0.449 e. The molecular weight excluding hydrogens is 378 g/mol. The second-order valence-electron chi connectivity index (χ2n) is 6.21. The van der Waals surface area contributed by atoms with Crippen LogP contribution in [0, 0.1) is 0 Å². The molecule has 148 valence electrons. The highest BCUT2D eigenvalue weighted by atomic mass is 19.3. The van der Waals surface area contributed by atoms with E-state index in [4.69, 9.17) is 4.74 Å². The van der Waals surface area contributed by atoms with Gasteiger partial charge in [-0.15, -0.1) is 0 Å². The summed E-state index contributed by atoms with van der Waals surface area (Å²) in [5, 5.41) is 0. The highest BCUT2D eigenvalue weighted by Gasteiger charge is 2.26. The Morgan fingerprint density at radius 3 is 1.97 bits per heavy atom. The summed E-state index contributed by atoms with van der Waals surface area (Å²) in [4.78, 5) is 25.4. The fourth-order valence-corrected chi connectivity index (χ4v) is 2.78. The number of ketones is 1. The van der Waals surface area contributed by atoms with Crippen LogP contribution in [0.5, 0.6) is 5.75 Å². The molecule has 0 N–H and O–H groups in total. The number of carbonyl (C=O) groups is 2. The van der Waals surface area contributed by atoms with E-state index in [1.165, 1.54) is 24.3 Å². The zero-order chi connectivity index (χ0) is 20.6. The minimum atomic E-state index is -2.92. The summed E-state index contributed by atoms with van der Waals surface area (Å²) in [6.07, 6.45) is -1.19. The van der Waals surface area contributed by atoms with Crippen LogP contribution in [0.4, 0.5) is 8.78 Å². The van der Waals surface area contributed by atoms with Gasteiger partial charge in [0, 0.05) is 11.1 Å². The Labute approximate surface area is 166 Å². The summed E-state index contributed by atoms with van der Waals surface area (Å²) >= 11 is 0. The molecule has 0 aromatic heterocycles. The first-order chi connectivity index (χ1) is 14.0. The molecule has 0 aliphatic rings. The average Bonchev–Trinajstić information content (AvgIpc) is 2.74. The van der Waals surface area contributed by atoms with E-state index in [9.17, 15) is 18.4 Å². The predicted molar refractivity (Wildman–Crippen MR) is 103 cm³/mol. The van der Waals surface area contributed by atoms with Crippen LogP contribution in [-0.2, 0) is 16.0 Å². The number of esters is 1. The number of benzene rings is 3. The van der Waals surface area contributed by atoms with E-state index < -0.39 is 18.7 Å². The van der Waals surface area contributed by atoms with Crippen LogP contribution in [0.2, 0.25) is 0 Å². The van der Waals surface area contributed by atoms with Gasteiger partial charge in [0.1, 0.15) is 5.75 Å². The Bertz CT molecular complexity index is 942. The van der Waals surface area contributed by atoms with Crippen molar-refractivity contribution in [3.05, 3.63) is 102 Å². The van der Waals surface area contributed by atoms with Crippen LogP contribution in [0.25, 0.3) is 0 Å². The van der Waals surface area contributed by atoms with Gasteiger partial charge in [-0.1, -0.05) is 72.8 Å². The van der Waals surface area contributed by atoms with Crippen molar-refractivity contribution in [1.29, 1.82) is 0 Å². The van der Waals surface area contributed by atoms with Gasteiger partial charge in [0.15, 0.2) is 6.10 Å². The number of carbonyl (C=O) groups excluding carboxylic acids is 2. The van der Waals surface area contributed by atoms with Crippen LogP contribution in [-0.4, -0.2) is 18.4 Å². The fourth-order valence-electron chi connectivity index (χ4n) is 2.78. The van der Waals surface area contributed by atoms with E-state index in [-0.39, 0.29) is 18.0 Å². The maximum atomic E-state index is 12.9. The SMILES string of the molecule is O=C(Cc1ccc(OC(F)F)cc1)OC(C(=O)c1ccccc1)c1ccccc1. The van der Waals surface area contributed by atoms with E-state index >= 15 is 0 Å². The fraction of sp³-hybridized carbons (Fsp3) is 0.130. The van der Waals surface area contributed by atoms with Gasteiger partial charge in [0.25, 0.3) is 0 Å². The van der Waals surface area contributed by atoms with Crippen LogP contribution in [0.3, 0.4) is 0 Å². The Morgan fingerprint density at radius 1 is 0.793 bits per heavy atom. The molecule has 1 atom stereocenters. The summed E-state index contributed by atoms with van der Waals surface area (Å²) in [7, 11) is 0. The molecule has 0 radical (unpaired) electrons. The molecule has 3 rings (SSSR count). The lowest BCUT2D eigenvalue weighted by atomic mass is 10.00. The van der Waals surface area contributed by atoms with Gasteiger partial charge in [-0.25, -0.2) is 0 Å². The highest BCUT2D eigenvalue weighted by Crippen LogP contribution is 2.24. The third-order valence-corrected chi connectivity index (χ3v) is 4.15. The number of ether oxygens (including phenoxy) is 2. The maximum Gasteiger partial charge on any atom is 0.387 e. The first kappa shape index (κ1) is 20.2. The molecule has 0 heterocycles. The normalized spacial score (nSPS) is 11.7. The number of halogens is 2. The van der Waals surface area contributed by atoms with Crippen molar-refractivity contribution < 1.29 is 27.8 Å². The summed E-state index contributed by atoms with van der Waals surface area (Å²) in [6.45, 7) is -2.92. The molecule has 3 aromatic rings. The molecule has 0 spiro atoms. The standard InChI is InChI=1S/C23H18F2O4/c24-23(25)28-19-13-11-16(12-14-19)15-20(26)29-22(18-9-5-2-6-10-18)21(27)17-7-3-1-4-8-17/h1-14,22-23H,15H2. The van der Waals surface area contributed by atoms with E-state index in [2.05, 4.69) is 4.74 Å². The number of hydrogen-bond donors (Lipinski definition) is 0. The molecule has 1 unspecified atom stereocenters. The number of Topliss-reactive ketones (excluding diaryl/α,β-unsaturated/α-hetero) is 1. The van der Waals surface area contributed by atoms with Gasteiger partial charge in [0.2, 0.25) is 5.78 Å². The molecule has 0 amide bonds. The van der Waals surface area contributed by atoms with Crippen molar-refractivity contribution in [2.45, 2.75) is 19.1 Å². The van der Waals surface area contributed by atoms with Crippen molar-refractivity contribution in [2.75, 3.05) is 0 Å². The lowest BCUT2D eigenvalue weighted by Gasteiger charge is -2.17. The molecule has 0 saturated heterocycles. The quantitative estimate of drug-likeness (QED) is 0.397. The summed E-state index contributed by atoms with van der Waals surface area (Å²) in [6, 6.07) is 23.0. The first-order valence-corrected chi connectivity index (χ1v) is 8.90. The van der Waals surface area contributed by atoms with Gasteiger partial charge < -0.3 is 9.47 Å². The van der Waals surface area contributed by atoms with Gasteiger partial charge >= 0.3 is 12.6 Å². The first-order valence-electron chi connectivity index (χ1n) is 8.90. The van der Waals surface area contributed by atoms with Crippen molar-refractivity contribution >= 4 is 11.8 Å². The molecule has 0 aliphatic carbocycles. The molecule has 29 heavy (non-hydrogen) atoms. The maximum absolute atomic E-state index is 12.9. The molecule has 0 fully saturated rings. The molecule has 0 aliphatic heterocycles. The minimum absolute atomic E-state index is 0.00136. The topological polar surface area (TPSA) is 52.6 Å². The molecule has 0 bridgehead atoms. The summed E-state index contributed by atoms with van der Waals surface area (Å²) in [5.74, 6) is -0.935. The summed E-state index contributed by atoms with van der Waals surface area (Å²) in [5.41, 5.74) is 1.55. The second-order valence-corrected chi connectivity index (χ2v) is 6.21. The third kappa shape index (κ3) is 5.72. The van der Waals surface area contributed by atoms with Gasteiger partial charge in [-0.3, -0.25) is 9.59 Å². The van der Waals surface area contributed by atoms with Crippen LogP contribution in [0.15, 0.2) is 84.9 Å². The monoisotopic (exact) mass is 396 g/mol. The molecule has 3 aromatic carbocycles. The summed E-state index contributed by atoms with van der Waals surface area (Å²) < 4.78 is 34.2. The van der Waals surface area contributed by atoms with Crippen molar-refractivity contribution in [3.8, 4) is 5.75 Å². The van der Waals surface area contributed by atoms with E-state index in [0.717, 1.165) is 0 Å². The van der Waals surface area contributed by atoms with E-state index in [1.807, 2.05) is 0 Å².